The lowest BCUT2D eigenvalue weighted by Gasteiger charge is -1.95. The fourth-order valence-corrected chi connectivity index (χ4v) is 0.0589. The zero-order chi connectivity index (χ0) is 4.99. The summed E-state index contributed by atoms with van der Waals surface area (Å²) in [6, 6.07) is 0. The third-order valence-corrected chi connectivity index (χ3v) is 0.451. The Bertz CT molecular complexity index is 46.8. The summed E-state index contributed by atoms with van der Waals surface area (Å²) in [6.45, 7) is 3.83. The Morgan fingerprint density at radius 1 is 2.00 bits per heavy atom. The fourth-order valence-electron chi connectivity index (χ4n) is 0.0589. The van der Waals surface area contributed by atoms with Crippen LogP contribution in [-0.2, 0) is 0 Å². The van der Waals surface area contributed by atoms with Crippen LogP contribution < -0.4 is 11.0 Å². The first-order valence-corrected chi connectivity index (χ1v) is 1.65. The number of hydrogen-bond donors (Lipinski definition) is 2. The maximum absolute atomic E-state index is 5.04. The van der Waals surface area contributed by atoms with Crippen LogP contribution in [0.2, 0.25) is 0 Å². The van der Waals surface area contributed by atoms with Crippen LogP contribution in [0.4, 0.5) is 0 Å². The summed E-state index contributed by atoms with van der Waals surface area (Å²) in [5.41, 5.74) is 5.69. The van der Waals surface area contributed by atoms with Crippen molar-refractivity contribution in [1.29, 1.82) is 0 Å². The molecular formula is C3H7BN2. The molecule has 0 aromatic rings. The Hall–Kier alpha value is -0.435. The minimum Gasteiger partial charge on any atom is -0.440 e. The van der Waals surface area contributed by atoms with Gasteiger partial charge in [0.05, 0.1) is 0 Å². The van der Waals surface area contributed by atoms with Gasteiger partial charge >= 0.3 is 0 Å². The smallest absolute Gasteiger partial charge is 0.222 e. The van der Waals surface area contributed by atoms with Crippen LogP contribution in [0.3, 0.4) is 0 Å². The van der Waals surface area contributed by atoms with Gasteiger partial charge in [0.25, 0.3) is 0 Å². The zero-order valence-electron chi connectivity index (χ0n) is 3.57. The zero-order valence-corrected chi connectivity index (χ0v) is 3.57. The first-order valence-electron chi connectivity index (χ1n) is 1.65. The van der Waals surface area contributed by atoms with Gasteiger partial charge in [0, 0.05) is 12.2 Å². The average Bonchev–Trinajstić information content (AvgIpc) is 1.65. The summed E-state index contributed by atoms with van der Waals surface area (Å²) in [7, 11) is 4.85. The molecule has 2 nitrogen and oxygen atoms in total. The van der Waals surface area contributed by atoms with Crippen molar-refractivity contribution in [2.24, 2.45) is 5.73 Å². The molecule has 0 aliphatic carbocycles. The molecule has 0 atom stereocenters. The predicted molar refractivity (Wildman–Crippen MR) is 27.1 cm³/mol. The SMILES string of the molecule is [B]NC(=C)CN. The molecule has 0 aromatic carbocycles. The molecular weight excluding hydrogens is 74.9 g/mol. The summed E-state index contributed by atoms with van der Waals surface area (Å²) in [5, 5.41) is 2.30. The molecule has 0 saturated carbocycles. The van der Waals surface area contributed by atoms with Crippen molar-refractivity contribution in [2.45, 2.75) is 0 Å². The van der Waals surface area contributed by atoms with Gasteiger partial charge in [0.15, 0.2) is 0 Å². The standard InChI is InChI=1S/C3H7BN2/c1-3(2-5)6-4/h6H,1-2,5H2. The molecule has 3 N–H and O–H groups in total. The molecule has 0 unspecified atom stereocenters. The number of rotatable bonds is 2. The van der Waals surface area contributed by atoms with Crippen LogP contribution >= 0.6 is 0 Å². The first-order chi connectivity index (χ1) is 2.81. The van der Waals surface area contributed by atoms with Gasteiger partial charge in [-0.05, 0) is 0 Å². The molecule has 0 aliphatic heterocycles. The van der Waals surface area contributed by atoms with Crippen molar-refractivity contribution in [1.82, 2.24) is 5.23 Å². The predicted octanol–water partition coefficient (Wildman–Crippen LogP) is -0.868. The lowest BCUT2D eigenvalue weighted by molar-refractivity contribution is 1.06. The molecule has 6 heavy (non-hydrogen) atoms. The highest BCUT2D eigenvalue weighted by Gasteiger charge is 1.75. The topological polar surface area (TPSA) is 38.0 Å². The highest BCUT2D eigenvalue weighted by molar-refractivity contribution is 6.05. The maximum Gasteiger partial charge on any atom is 0.222 e. The van der Waals surface area contributed by atoms with Crippen LogP contribution in [0.5, 0.6) is 0 Å². The van der Waals surface area contributed by atoms with Crippen LogP contribution in [0.15, 0.2) is 12.3 Å². The van der Waals surface area contributed by atoms with E-state index in [0.29, 0.717) is 12.2 Å². The van der Waals surface area contributed by atoms with E-state index in [0.717, 1.165) is 0 Å². The Labute approximate surface area is 38.8 Å². The molecule has 0 spiro atoms. The molecule has 0 aliphatic rings. The van der Waals surface area contributed by atoms with E-state index < -0.39 is 0 Å². The highest BCUT2D eigenvalue weighted by atomic mass is 14.8. The highest BCUT2D eigenvalue weighted by Crippen LogP contribution is 1.68. The minimum atomic E-state index is 0.399. The first kappa shape index (κ1) is 5.56. The Balaban J connectivity index is 2.99. The van der Waals surface area contributed by atoms with Gasteiger partial charge in [-0.15, -0.1) is 0 Å². The Morgan fingerprint density at radius 3 is 2.50 bits per heavy atom. The number of nitrogens with two attached hydrogens (primary N) is 1. The van der Waals surface area contributed by atoms with Crippen molar-refractivity contribution in [3.63, 3.8) is 0 Å². The van der Waals surface area contributed by atoms with Crippen LogP contribution in [0.25, 0.3) is 0 Å². The maximum atomic E-state index is 5.04. The largest absolute Gasteiger partial charge is 0.440 e. The van der Waals surface area contributed by atoms with Crippen molar-refractivity contribution in [3.05, 3.63) is 12.3 Å². The van der Waals surface area contributed by atoms with Crippen LogP contribution in [0, 0.1) is 0 Å². The van der Waals surface area contributed by atoms with Crippen molar-refractivity contribution < 1.29 is 0 Å². The number of hydrogen-bond acceptors (Lipinski definition) is 2. The van der Waals surface area contributed by atoms with Gasteiger partial charge < -0.3 is 11.0 Å². The summed E-state index contributed by atoms with van der Waals surface area (Å²) in [6.07, 6.45) is 0. The molecule has 0 bridgehead atoms. The molecule has 0 aromatic heterocycles. The minimum absolute atomic E-state index is 0.399. The summed E-state index contributed by atoms with van der Waals surface area (Å²) >= 11 is 0. The molecule has 0 heterocycles. The van der Waals surface area contributed by atoms with E-state index in [-0.39, 0.29) is 0 Å². The van der Waals surface area contributed by atoms with Crippen LogP contribution in [-0.4, -0.2) is 14.5 Å². The van der Waals surface area contributed by atoms with Crippen molar-refractivity contribution >= 4 is 7.98 Å². The van der Waals surface area contributed by atoms with Crippen molar-refractivity contribution in [2.75, 3.05) is 6.54 Å². The van der Waals surface area contributed by atoms with E-state index >= 15 is 0 Å². The number of nitrogens with one attached hydrogen (secondary N) is 1. The van der Waals surface area contributed by atoms with Crippen LogP contribution in [0.1, 0.15) is 0 Å². The van der Waals surface area contributed by atoms with E-state index in [1.165, 1.54) is 0 Å². The summed E-state index contributed by atoms with van der Waals surface area (Å²) in [5.74, 6) is 0. The Kier molecular flexibility index (Phi) is 2.58. The second-order valence-corrected chi connectivity index (χ2v) is 0.952. The molecule has 0 rings (SSSR count). The van der Waals surface area contributed by atoms with Crippen molar-refractivity contribution in [3.8, 4) is 0 Å². The lowest BCUT2D eigenvalue weighted by Crippen LogP contribution is -2.15. The molecule has 2 radical (unpaired) electrons. The van der Waals surface area contributed by atoms with Gasteiger partial charge in [0.1, 0.15) is 0 Å². The van der Waals surface area contributed by atoms with Gasteiger partial charge in [0.2, 0.25) is 7.98 Å². The monoisotopic (exact) mass is 82.1 g/mol. The summed E-state index contributed by atoms with van der Waals surface area (Å²) in [4.78, 5) is 0. The molecule has 0 amide bonds. The van der Waals surface area contributed by atoms with Gasteiger partial charge in [-0.25, -0.2) is 0 Å². The normalized spacial score (nSPS) is 7.50. The molecule has 0 saturated heterocycles. The quantitative estimate of drug-likeness (QED) is 0.425. The van der Waals surface area contributed by atoms with E-state index in [1.807, 2.05) is 0 Å². The molecule has 32 valence electrons. The van der Waals surface area contributed by atoms with Gasteiger partial charge in [-0.3, -0.25) is 0 Å². The van der Waals surface area contributed by atoms with E-state index in [4.69, 9.17) is 13.7 Å². The van der Waals surface area contributed by atoms with Gasteiger partial charge in [-0.2, -0.15) is 0 Å². The molecule has 3 heteroatoms. The average molecular weight is 81.9 g/mol. The Morgan fingerprint density at radius 2 is 2.50 bits per heavy atom. The second-order valence-electron chi connectivity index (χ2n) is 0.952. The fraction of sp³-hybridized carbons (Fsp3) is 0.333. The third-order valence-electron chi connectivity index (χ3n) is 0.451. The van der Waals surface area contributed by atoms with Gasteiger partial charge in [-0.1, -0.05) is 6.58 Å². The third kappa shape index (κ3) is 1.85. The van der Waals surface area contributed by atoms with E-state index in [9.17, 15) is 0 Å². The summed E-state index contributed by atoms with van der Waals surface area (Å²) < 4.78 is 0. The van der Waals surface area contributed by atoms with E-state index in [1.54, 1.807) is 0 Å². The molecule has 0 fully saturated rings. The second kappa shape index (κ2) is 2.78. The lowest BCUT2D eigenvalue weighted by atomic mass is 10.3. The van der Waals surface area contributed by atoms with E-state index in [2.05, 4.69) is 11.8 Å².